The maximum absolute atomic E-state index is 13.2. The molecule has 4 aromatic rings. The molecule has 0 amide bonds. The number of hydrogen-bond donors (Lipinski definition) is 1. The van der Waals surface area contributed by atoms with Gasteiger partial charge in [0.1, 0.15) is 11.5 Å². The number of benzene rings is 3. The lowest BCUT2D eigenvalue weighted by atomic mass is 9.84. The molecule has 1 aromatic heterocycles. The van der Waals surface area contributed by atoms with Crippen molar-refractivity contribution in [2.75, 3.05) is 0 Å². The summed E-state index contributed by atoms with van der Waals surface area (Å²) >= 11 is 5.92. The normalized spacial score (nSPS) is 15.2. The van der Waals surface area contributed by atoms with Crippen LogP contribution in [0.4, 0.5) is 0 Å². The van der Waals surface area contributed by atoms with E-state index in [0.29, 0.717) is 16.1 Å². The first-order valence-electron chi connectivity index (χ1n) is 10.3. The molecule has 0 bridgehead atoms. The molecule has 1 atom stereocenters. The van der Waals surface area contributed by atoms with Crippen molar-refractivity contribution in [3.63, 3.8) is 0 Å². The maximum Gasteiger partial charge on any atom is 0.312 e. The molecule has 1 aliphatic heterocycles. The topological polar surface area (TPSA) is 85.6 Å². The second kappa shape index (κ2) is 7.90. The molecule has 164 valence electrons. The van der Waals surface area contributed by atoms with Crippen LogP contribution < -0.4 is 10.3 Å². The third-order valence-corrected chi connectivity index (χ3v) is 6.26. The number of esters is 1. The Morgan fingerprint density at radius 3 is 2.55 bits per heavy atom. The number of fused-ring (bicyclic) bond motifs is 2. The lowest BCUT2D eigenvalue weighted by molar-refractivity contribution is -0.135. The van der Waals surface area contributed by atoms with Crippen molar-refractivity contribution < 1.29 is 19.4 Å². The average molecular weight is 460 g/mol. The summed E-state index contributed by atoms with van der Waals surface area (Å²) in [6, 6.07) is 18.4. The molecule has 1 N–H and O–H groups in total. The van der Waals surface area contributed by atoms with Gasteiger partial charge in [-0.1, -0.05) is 29.8 Å². The molecule has 3 aromatic carbocycles. The van der Waals surface area contributed by atoms with Crippen molar-refractivity contribution >= 4 is 34.3 Å². The van der Waals surface area contributed by atoms with Gasteiger partial charge in [-0.25, -0.2) is 0 Å². The van der Waals surface area contributed by atoms with Crippen LogP contribution in [0.1, 0.15) is 39.4 Å². The Balaban J connectivity index is 1.70. The van der Waals surface area contributed by atoms with Crippen LogP contribution in [0, 0.1) is 0 Å². The fourth-order valence-corrected chi connectivity index (χ4v) is 4.48. The minimum Gasteiger partial charge on any atom is -0.507 e. The number of ether oxygens (including phenoxy) is 1. The van der Waals surface area contributed by atoms with Gasteiger partial charge in [0, 0.05) is 34.7 Å². The standard InChI is InChI=1S/C26H18ClNO5/c1-28-20-5-3-2-4-15(20)12-19(26(28)32)18-13-22(29)33-21-11-10-17(25(31)23(18)21)24(30)14-6-8-16(27)9-7-14/h2-12,18,31H,13H2,1H3. The summed E-state index contributed by atoms with van der Waals surface area (Å²) in [5, 5.41) is 12.5. The highest BCUT2D eigenvalue weighted by atomic mass is 35.5. The van der Waals surface area contributed by atoms with E-state index in [-0.39, 0.29) is 34.6 Å². The van der Waals surface area contributed by atoms with Crippen LogP contribution in [0.3, 0.4) is 0 Å². The third-order valence-electron chi connectivity index (χ3n) is 6.01. The molecule has 0 spiro atoms. The molecule has 1 aliphatic rings. The molecule has 0 saturated carbocycles. The Hall–Kier alpha value is -3.90. The predicted molar refractivity (Wildman–Crippen MR) is 124 cm³/mol. The van der Waals surface area contributed by atoms with E-state index >= 15 is 0 Å². The van der Waals surface area contributed by atoms with Crippen molar-refractivity contribution in [2.45, 2.75) is 12.3 Å². The largest absolute Gasteiger partial charge is 0.507 e. The number of rotatable bonds is 3. The highest BCUT2D eigenvalue weighted by molar-refractivity contribution is 6.30. The van der Waals surface area contributed by atoms with Crippen LogP contribution in [0.15, 0.2) is 71.5 Å². The summed E-state index contributed by atoms with van der Waals surface area (Å²) in [6.45, 7) is 0. The molecule has 1 unspecified atom stereocenters. The van der Waals surface area contributed by atoms with Crippen molar-refractivity contribution in [2.24, 2.45) is 7.05 Å². The molecule has 5 rings (SSSR count). The number of phenols is 1. The van der Waals surface area contributed by atoms with Gasteiger partial charge in [-0.2, -0.15) is 0 Å². The van der Waals surface area contributed by atoms with E-state index in [2.05, 4.69) is 0 Å². The predicted octanol–water partition coefficient (Wildman–Crippen LogP) is 4.57. The van der Waals surface area contributed by atoms with Gasteiger partial charge in [-0.15, -0.1) is 0 Å². The lowest BCUT2D eigenvalue weighted by Crippen LogP contribution is -2.29. The van der Waals surface area contributed by atoms with E-state index in [1.54, 1.807) is 37.4 Å². The van der Waals surface area contributed by atoms with E-state index in [9.17, 15) is 19.5 Å². The summed E-state index contributed by atoms with van der Waals surface area (Å²) in [6.07, 6.45) is -0.132. The van der Waals surface area contributed by atoms with Crippen LogP contribution in [0.2, 0.25) is 5.02 Å². The van der Waals surface area contributed by atoms with Crippen molar-refractivity contribution in [1.82, 2.24) is 4.57 Å². The third kappa shape index (κ3) is 3.49. The Morgan fingerprint density at radius 1 is 1.06 bits per heavy atom. The molecule has 2 heterocycles. The number of halogens is 1. The van der Waals surface area contributed by atoms with Gasteiger partial charge in [0.25, 0.3) is 5.56 Å². The van der Waals surface area contributed by atoms with Crippen molar-refractivity contribution in [1.29, 1.82) is 0 Å². The number of aromatic nitrogens is 1. The summed E-state index contributed by atoms with van der Waals surface area (Å²) < 4.78 is 6.86. The molecule has 33 heavy (non-hydrogen) atoms. The maximum atomic E-state index is 13.2. The number of phenolic OH excluding ortho intramolecular Hbond substituents is 1. The van der Waals surface area contributed by atoms with Crippen molar-refractivity contribution in [3.05, 3.63) is 104 Å². The van der Waals surface area contributed by atoms with Crippen LogP contribution in [-0.2, 0) is 11.8 Å². The number of nitrogens with zero attached hydrogens (tertiary/aromatic N) is 1. The fraction of sp³-hybridized carbons (Fsp3) is 0.115. The fourth-order valence-electron chi connectivity index (χ4n) is 4.35. The molecular formula is C26H18ClNO5. The average Bonchev–Trinajstić information content (AvgIpc) is 2.81. The highest BCUT2D eigenvalue weighted by Crippen LogP contribution is 2.45. The number of aryl methyl sites for hydroxylation is 1. The van der Waals surface area contributed by atoms with Crippen molar-refractivity contribution in [3.8, 4) is 11.5 Å². The Kier molecular flexibility index (Phi) is 5.02. The molecule has 6 nitrogen and oxygen atoms in total. The number of ketones is 1. The zero-order chi connectivity index (χ0) is 23.3. The summed E-state index contributed by atoms with van der Waals surface area (Å²) in [7, 11) is 1.66. The number of carbonyl (C=O) groups excluding carboxylic acids is 2. The first-order valence-corrected chi connectivity index (χ1v) is 10.7. The van der Waals surface area contributed by atoms with E-state index in [1.165, 1.54) is 16.7 Å². The van der Waals surface area contributed by atoms with Crippen LogP contribution in [0.5, 0.6) is 11.5 Å². The Labute approximate surface area is 193 Å². The van der Waals surface area contributed by atoms with E-state index in [4.69, 9.17) is 16.3 Å². The molecular weight excluding hydrogens is 442 g/mol. The molecule has 0 radical (unpaired) electrons. The van der Waals surface area contributed by atoms with Crippen LogP contribution in [0.25, 0.3) is 10.9 Å². The van der Waals surface area contributed by atoms with Gasteiger partial charge in [-0.3, -0.25) is 14.4 Å². The molecule has 0 fully saturated rings. The molecule has 7 heteroatoms. The van der Waals surface area contributed by atoms with Crippen LogP contribution in [-0.4, -0.2) is 21.4 Å². The number of carbonyl (C=O) groups is 2. The van der Waals surface area contributed by atoms with E-state index in [1.807, 2.05) is 24.3 Å². The van der Waals surface area contributed by atoms with E-state index in [0.717, 1.165) is 10.9 Å². The van der Waals surface area contributed by atoms with Gasteiger partial charge in [0.2, 0.25) is 0 Å². The first-order chi connectivity index (χ1) is 15.8. The van der Waals surface area contributed by atoms with Gasteiger partial charge in [0.15, 0.2) is 5.78 Å². The van der Waals surface area contributed by atoms with Gasteiger partial charge in [-0.05, 0) is 53.9 Å². The number of para-hydroxylation sites is 1. The van der Waals surface area contributed by atoms with Gasteiger partial charge < -0.3 is 14.4 Å². The minimum absolute atomic E-state index is 0.0524. The summed E-state index contributed by atoms with van der Waals surface area (Å²) in [5.74, 6) is -1.85. The first kappa shape index (κ1) is 21.0. The van der Waals surface area contributed by atoms with Crippen LogP contribution >= 0.6 is 11.6 Å². The quantitative estimate of drug-likeness (QED) is 0.275. The number of hydrogen-bond acceptors (Lipinski definition) is 5. The lowest BCUT2D eigenvalue weighted by Gasteiger charge is -2.26. The zero-order valence-corrected chi connectivity index (χ0v) is 18.3. The molecule has 0 saturated heterocycles. The van der Waals surface area contributed by atoms with Gasteiger partial charge >= 0.3 is 5.97 Å². The summed E-state index contributed by atoms with van der Waals surface area (Å²) in [5.41, 5.74) is 1.47. The zero-order valence-electron chi connectivity index (χ0n) is 17.5. The Bertz CT molecular complexity index is 1500. The number of pyridine rings is 1. The minimum atomic E-state index is -0.762. The summed E-state index contributed by atoms with van der Waals surface area (Å²) in [4.78, 5) is 38.7. The second-order valence-electron chi connectivity index (χ2n) is 7.96. The highest BCUT2D eigenvalue weighted by Gasteiger charge is 2.35. The Morgan fingerprint density at radius 2 is 1.79 bits per heavy atom. The SMILES string of the molecule is Cn1c(=O)c(C2CC(=O)Oc3ccc(C(=O)c4ccc(Cl)cc4)c(O)c32)cc2ccccc21. The monoisotopic (exact) mass is 459 g/mol. The molecule has 0 aliphatic carbocycles. The smallest absolute Gasteiger partial charge is 0.312 e. The second-order valence-corrected chi connectivity index (χ2v) is 8.40. The van der Waals surface area contributed by atoms with Gasteiger partial charge in [0.05, 0.1) is 17.5 Å². The number of aromatic hydroxyl groups is 1. The van der Waals surface area contributed by atoms with E-state index < -0.39 is 17.7 Å².